The zero-order valence-electron chi connectivity index (χ0n) is 12.1. The molecule has 22 heavy (non-hydrogen) atoms. The Kier molecular flexibility index (Phi) is 3.72. The first-order chi connectivity index (χ1) is 10.6. The van der Waals surface area contributed by atoms with Crippen molar-refractivity contribution in [1.82, 2.24) is 19.9 Å². The number of nitrogens with one attached hydrogen (secondary N) is 1. The van der Waals surface area contributed by atoms with Crippen LogP contribution in [0.2, 0.25) is 0 Å². The first-order valence-electron chi connectivity index (χ1n) is 7.05. The molecular formula is C15H16N4O3. The van der Waals surface area contributed by atoms with Crippen molar-refractivity contribution < 1.29 is 9.90 Å². The lowest BCUT2D eigenvalue weighted by Crippen LogP contribution is -2.43. The Balaban J connectivity index is 1.98. The van der Waals surface area contributed by atoms with E-state index in [2.05, 4.69) is 15.0 Å². The number of H-pyrrole nitrogens is 1. The maximum absolute atomic E-state index is 12.2. The zero-order chi connectivity index (χ0) is 15.7. The molecule has 1 atom stereocenters. The summed E-state index contributed by atoms with van der Waals surface area (Å²) in [5.74, 6) is 0.107. The van der Waals surface area contributed by atoms with E-state index in [0.717, 1.165) is 5.56 Å². The molecule has 7 nitrogen and oxygen atoms in total. The van der Waals surface area contributed by atoms with Gasteiger partial charge >= 0.3 is 0 Å². The SMILES string of the molecule is CC(O)C(=O)N1CCc2c(nc(-c3ccncc3)[nH]c2=O)C1. The molecule has 1 unspecified atom stereocenters. The number of aromatic amines is 1. The summed E-state index contributed by atoms with van der Waals surface area (Å²) in [6, 6.07) is 3.51. The van der Waals surface area contributed by atoms with E-state index >= 15 is 0 Å². The van der Waals surface area contributed by atoms with Crippen molar-refractivity contribution in [2.45, 2.75) is 26.0 Å². The maximum Gasteiger partial charge on any atom is 0.254 e. The number of pyridine rings is 1. The van der Waals surface area contributed by atoms with Gasteiger partial charge in [0.05, 0.1) is 12.2 Å². The molecule has 3 heterocycles. The molecular weight excluding hydrogens is 284 g/mol. The van der Waals surface area contributed by atoms with E-state index in [9.17, 15) is 14.7 Å². The second-order valence-electron chi connectivity index (χ2n) is 5.26. The third-order valence-corrected chi connectivity index (χ3v) is 3.70. The highest BCUT2D eigenvalue weighted by atomic mass is 16.3. The number of aromatic nitrogens is 3. The fourth-order valence-electron chi connectivity index (χ4n) is 2.54. The van der Waals surface area contributed by atoms with Crippen molar-refractivity contribution in [3.05, 3.63) is 46.1 Å². The van der Waals surface area contributed by atoms with Gasteiger partial charge in [0.1, 0.15) is 11.9 Å². The summed E-state index contributed by atoms with van der Waals surface area (Å²) in [5, 5.41) is 9.42. The van der Waals surface area contributed by atoms with Crippen LogP contribution in [0.4, 0.5) is 0 Å². The Hall–Kier alpha value is -2.54. The molecule has 0 saturated carbocycles. The first-order valence-corrected chi connectivity index (χ1v) is 7.05. The van der Waals surface area contributed by atoms with Gasteiger partial charge in [-0.25, -0.2) is 4.98 Å². The molecule has 1 aliphatic rings. The molecule has 3 rings (SSSR count). The molecule has 0 aromatic carbocycles. The Morgan fingerprint density at radius 2 is 2.14 bits per heavy atom. The van der Waals surface area contributed by atoms with Crippen LogP contribution in [0.15, 0.2) is 29.3 Å². The number of carbonyl (C=O) groups is 1. The van der Waals surface area contributed by atoms with Gasteiger partial charge in [-0.2, -0.15) is 0 Å². The van der Waals surface area contributed by atoms with E-state index in [0.29, 0.717) is 30.0 Å². The second-order valence-corrected chi connectivity index (χ2v) is 5.26. The monoisotopic (exact) mass is 300 g/mol. The standard InChI is InChI=1S/C15H16N4O3/c1-9(20)15(22)19-7-4-11-12(8-19)17-13(18-14(11)21)10-2-5-16-6-3-10/h2-3,5-6,9,20H,4,7-8H2,1H3,(H,17,18,21). The largest absolute Gasteiger partial charge is 0.384 e. The van der Waals surface area contributed by atoms with Crippen molar-refractivity contribution in [3.8, 4) is 11.4 Å². The topological polar surface area (TPSA) is 99.2 Å². The van der Waals surface area contributed by atoms with Crippen molar-refractivity contribution in [2.75, 3.05) is 6.54 Å². The number of carbonyl (C=O) groups excluding carboxylic acids is 1. The minimum Gasteiger partial charge on any atom is -0.384 e. The first kappa shape index (κ1) is 14.4. The Bertz CT molecular complexity index is 755. The fraction of sp³-hybridized carbons (Fsp3) is 0.333. The Morgan fingerprint density at radius 1 is 1.41 bits per heavy atom. The number of hydrogen-bond donors (Lipinski definition) is 2. The fourth-order valence-corrected chi connectivity index (χ4v) is 2.54. The summed E-state index contributed by atoms with van der Waals surface area (Å²) in [6.45, 7) is 2.09. The van der Waals surface area contributed by atoms with Gasteiger partial charge < -0.3 is 15.0 Å². The maximum atomic E-state index is 12.2. The molecule has 0 bridgehead atoms. The highest BCUT2D eigenvalue weighted by Gasteiger charge is 2.26. The highest BCUT2D eigenvalue weighted by Crippen LogP contribution is 2.18. The van der Waals surface area contributed by atoms with E-state index in [-0.39, 0.29) is 18.0 Å². The number of aliphatic hydroxyl groups excluding tert-OH is 1. The second kappa shape index (κ2) is 5.69. The number of fused-ring (bicyclic) bond motifs is 1. The lowest BCUT2D eigenvalue weighted by Gasteiger charge is -2.28. The minimum atomic E-state index is -1.05. The van der Waals surface area contributed by atoms with Gasteiger partial charge in [0.25, 0.3) is 11.5 Å². The molecule has 1 aliphatic heterocycles. The van der Waals surface area contributed by atoms with Gasteiger partial charge in [0.15, 0.2) is 0 Å². The van der Waals surface area contributed by atoms with Gasteiger partial charge in [0.2, 0.25) is 0 Å². The quantitative estimate of drug-likeness (QED) is 0.819. The third kappa shape index (κ3) is 2.62. The average molecular weight is 300 g/mol. The van der Waals surface area contributed by atoms with Gasteiger partial charge in [0, 0.05) is 30.1 Å². The predicted molar refractivity (Wildman–Crippen MR) is 78.9 cm³/mol. The Morgan fingerprint density at radius 3 is 2.82 bits per heavy atom. The van der Waals surface area contributed by atoms with Crippen LogP contribution in [0.1, 0.15) is 18.2 Å². The lowest BCUT2D eigenvalue weighted by molar-refractivity contribution is -0.140. The van der Waals surface area contributed by atoms with E-state index in [1.165, 1.54) is 11.8 Å². The predicted octanol–water partition coefficient (Wildman–Crippen LogP) is 0.0974. The van der Waals surface area contributed by atoms with Crippen LogP contribution in [-0.2, 0) is 17.8 Å². The van der Waals surface area contributed by atoms with Crippen LogP contribution >= 0.6 is 0 Å². The van der Waals surface area contributed by atoms with Crippen LogP contribution in [-0.4, -0.2) is 43.5 Å². The van der Waals surface area contributed by atoms with E-state index in [1.54, 1.807) is 24.5 Å². The molecule has 2 aromatic heterocycles. The zero-order valence-corrected chi connectivity index (χ0v) is 12.1. The number of nitrogens with zero attached hydrogens (tertiary/aromatic N) is 3. The van der Waals surface area contributed by atoms with Gasteiger partial charge in [-0.05, 0) is 25.5 Å². The molecule has 114 valence electrons. The number of aliphatic hydroxyl groups is 1. The van der Waals surface area contributed by atoms with Crippen LogP contribution in [0, 0.1) is 0 Å². The summed E-state index contributed by atoms with van der Waals surface area (Å²) < 4.78 is 0. The summed E-state index contributed by atoms with van der Waals surface area (Å²) in [7, 11) is 0. The molecule has 2 N–H and O–H groups in total. The summed E-state index contributed by atoms with van der Waals surface area (Å²) in [6.07, 6.45) is 2.63. The highest BCUT2D eigenvalue weighted by molar-refractivity contribution is 5.80. The van der Waals surface area contributed by atoms with E-state index in [1.807, 2.05) is 0 Å². The van der Waals surface area contributed by atoms with Crippen LogP contribution < -0.4 is 5.56 Å². The molecule has 0 saturated heterocycles. The van der Waals surface area contributed by atoms with Crippen LogP contribution in [0.5, 0.6) is 0 Å². The minimum absolute atomic E-state index is 0.180. The molecule has 1 amide bonds. The summed E-state index contributed by atoms with van der Waals surface area (Å²) in [5.41, 5.74) is 1.76. The van der Waals surface area contributed by atoms with Gasteiger partial charge in [-0.15, -0.1) is 0 Å². The number of amides is 1. The van der Waals surface area contributed by atoms with Crippen molar-refractivity contribution in [2.24, 2.45) is 0 Å². The lowest BCUT2D eigenvalue weighted by atomic mass is 10.1. The van der Waals surface area contributed by atoms with Crippen molar-refractivity contribution in [3.63, 3.8) is 0 Å². The normalized spacial score (nSPS) is 15.3. The Labute approximate surface area is 126 Å². The van der Waals surface area contributed by atoms with Crippen LogP contribution in [0.25, 0.3) is 11.4 Å². The van der Waals surface area contributed by atoms with Gasteiger partial charge in [-0.3, -0.25) is 14.6 Å². The van der Waals surface area contributed by atoms with E-state index < -0.39 is 6.10 Å². The summed E-state index contributed by atoms with van der Waals surface area (Å²) in [4.78, 5) is 36.8. The van der Waals surface area contributed by atoms with Gasteiger partial charge in [-0.1, -0.05) is 0 Å². The molecule has 0 fully saturated rings. The van der Waals surface area contributed by atoms with Crippen molar-refractivity contribution in [1.29, 1.82) is 0 Å². The third-order valence-electron chi connectivity index (χ3n) is 3.70. The molecule has 0 spiro atoms. The molecule has 0 aliphatic carbocycles. The average Bonchev–Trinajstić information content (AvgIpc) is 2.54. The molecule has 2 aromatic rings. The van der Waals surface area contributed by atoms with Crippen molar-refractivity contribution >= 4 is 5.91 Å². The smallest absolute Gasteiger partial charge is 0.254 e. The number of hydrogen-bond acceptors (Lipinski definition) is 5. The molecule has 0 radical (unpaired) electrons. The van der Waals surface area contributed by atoms with E-state index in [4.69, 9.17) is 0 Å². The summed E-state index contributed by atoms with van der Waals surface area (Å²) >= 11 is 0. The molecule has 7 heteroatoms. The number of rotatable bonds is 2. The van der Waals surface area contributed by atoms with Crippen LogP contribution in [0.3, 0.4) is 0 Å².